The molecular weight excluding hydrogens is 683 g/mol. The van der Waals surface area contributed by atoms with Gasteiger partial charge in [0.25, 0.3) is 0 Å². The molecule has 1 fully saturated rings. The molecule has 51 heavy (non-hydrogen) atoms. The molecule has 0 spiro atoms. The lowest BCUT2D eigenvalue weighted by atomic mass is 9.80. The standard InChI is InChI=1S/C39H47N3O7SSi/c1-38(2,3)51(6,7)49-35-34(43)32(48-36(35)42-24-22-33(41-37(42)44)50-25-11-23-40)26-47-39(27-12-9-8-10-13-27,28-14-18-30(45-4)19-15-28)29-16-20-31(46-5)21-17-29/h8-10,12-22,24,32,34-36,43H,11,25-26H2,1-7H3. The van der Waals surface area contributed by atoms with E-state index in [-0.39, 0.29) is 11.6 Å². The van der Waals surface area contributed by atoms with E-state index in [1.165, 1.54) is 16.3 Å². The number of aromatic nitrogens is 2. The van der Waals surface area contributed by atoms with Gasteiger partial charge in [-0.1, -0.05) is 75.4 Å². The van der Waals surface area contributed by atoms with Crippen molar-refractivity contribution in [1.29, 1.82) is 5.26 Å². The minimum Gasteiger partial charge on any atom is -0.497 e. The van der Waals surface area contributed by atoms with Crippen LogP contribution < -0.4 is 15.2 Å². The van der Waals surface area contributed by atoms with E-state index in [1.807, 2.05) is 78.9 Å². The Morgan fingerprint density at radius 1 is 0.922 bits per heavy atom. The number of aliphatic hydroxyl groups is 1. The molecule has 10 nitrogen and oxygen atoms in total. The van der Waals surface area contributed by atoms with E-state index in [1.54, 1.807) is 26.5 Å². The summed E-state index contributed by atoms with van der Waals surface area (Å²) in [5.41, 5.74) is 0.862. The van der Waals surface area contributed by atoms with E-state index >= 15 is 0 Å². The fraction of sp³-hybridized carbons (Fsp3) is 0.410. The topological polar surface area (TPSA) is 125 Å². The number of rotatable bonds is 14. The van der Waals surface area contributed by atoms with Crippen molar-refractivity contribution in [3.05, 3.63) is 118 Å². The molecule has 12 heteroatoms. The number of thioether (sulfide) groups is 1. The monoisotopic (exact) mass is 729 g/mol. The molecule has 1 N–H and O–H groups in total. The molecule has 1 saturated heterocycles. The van der Waals surface area contributed by atoms with Crippen molar-refractivity contribution in [3.8, 4) is 17.6 Å². The van der Waals surface area contributed by atoms with Crippen molar-refractivity contribution in [2.45, 2.75) is 80.5 Å². The summed E-state index contributed by atoms with van der Waals surface area (Å²) in [5.74, 6) is 1.92. The Bertz CT molecular complexity index is 1790. The SMILES string of the molecule is COc1ccc(C(OCC2OC(n3ccc(SCCC#N)nc3=O)C(O[Si](C)(C)C(C)(C)C)C2O)(c2ccccc2)c2ccc(OC)cc2)cc1. The van der Waals surface area contributed by atoms with Gasteiger partial charge in [0, 0.05) is 18.4 Å². The minimum absolute atomic E-state index is 0.0493. The molecule has 1 aliphatic heterocycles. The normalized spacial score (nSPS) is 19.4. The Morgan fingerprint density at radius 2 is 1.49 bits per heavy atom. The van der Waals surface area contributed by atoms with Crippen LogP contribution in [0.4, 0.5) is 0 Å². The van der Waals surface area contributed by atoms with Gasteiger partial charge in [0.05, 0.1) is 26.9 Å². The molecule has 4 aromatic rings. The van der Waals surface area contributed by atoms with Crippen LogP contribution >= 0.6 is 11.8 Å². The quantitative estimate of drug-likeness (QED) is 0.0481. The fourth-order valence-electron chi connectivity index (χ4n) is 5.88. The van der Waals surface area contributed by atoms with Gasteiger partial charge < -0.3 is 28.5 Å². The molecule has 2 heterocycles. The molecule has 0 radical (unpaired) electrons. The molecule has 1 aromatic heterocycles. The molecule has 0 amide bonds. The zero-order valence-corrected chi connectivity index (χ0v) is 32.1. The molecule has 0 aliphatic carbocycles. The van der Waals surface area contributed by atoms with Crippen LogP contribution in [-0.4, -0.2) is 67.9 Å². The summed E-state index contributed by atoms with van der Waals surface area (Å²) < 4.78 is 32.8. The van der Waals surface area contributed by atoms with Crippen LogP contribution in [0.3, 0.4) is 0 Å². The number of benzene rings is 3. The highest BCUT2D eigenvalue weighted by Gasteiger charge is 2.51. The summed E-state index contributed by atoms with van der Waals surface area (Å²) in [6.45, 7) is 10.5. The second-order valence-corrected chi connectivity index (χ2v) is 19.8. The number of aliphatic hydroxyl groups excluding tert-OH is 1. The van der Waals surface area contributed by atoms with Crippen LogP contribution in [0.25, 0.3) is 0 Å². The second kappa shape index (κ2) is 16.2. The van der Waals surface area contributed by atoms with Crippen LogP contribution in [0.15, 0.2) is 101 Å². The zero-order valence-electron chi connectivity index (χ0n) is 30.2. The zero-order chi connectivity index (χ0) is 36.8. The van der Waals surface area contributed by atoms with Crippen LogP contribution in [0.1, 0.15) is 50.1 Å². The van der Waals surface area contributed by atoms with E-state index in [0.29, 0.717) is 28.7 Å². The average Bonchev–Trinajstić information content (AvgIpc) is 3.42. The predicted octanol–water partition coefficient (Wildman–Crippen LogP) is 6.92. The second-order valence-electron chi connectivity index (χ2n) is 13.9. The Kier molecular flexibility index (Phi) is 12.1. The van der Waals surface area contributed by atoms with Gasteiger partial charge in [-0.25, -0.2) is 4.79 Å². The van der Waals surface area contributed by atoms with Crippen LogP contribution in [0, 0.1) is 11.3 Å². The molecule has 270 valence electrons. The molecule has 4 atom stereocenters. The summed E-state index contributed by atoms with van der Waals surface area (Å²) >= 11 is 1.34. The van der Waals surface area contributed by atoms with E-state index in [0.717, 1.165) is 16.7 Å². The van der Waals surface area contributed by atoms with Gasteiger partial charge in [0.1, 0.15) is 40.4 Å². The minimum atomic E-state index is -2.48. The number of hydrogen-bond acceptors (Lipinski definition) is 10. The Balaban J connectivity index is 1.56. The van der Waals surface area contributed by atoms with Crippen molar-refractivity contribution in [3.63, 3.8) is 0 Å². The van der Waals surface area contributed by atoms with Crippen molar-refractivity contribution in [2.75, 3.05) is 26.6 Å². The fourth-order valence-corrected chi connectivity index (χ4v) is 7.87. The number of hydrogen-bond donors (Lipinski definition) is 1. The van der Waals surface area contributed by atoms with E-state index in [9.17, 15) is 9.90 Å². The highest BCUT2D eigenvalue weighted by atomic mass is 32.2. The smallest absolute Gasteiger partial charge is 0.350 e. The first-order valence-electron chi connectivity index (χ1n) is 16.9. The lowest BCUT2D eigenvalue weighted by Crippen LogP contribution is -2.49. The highest BCUT2D eigenvalue weighted by molar-refractivity contribution is 7.99. The van der Waals surface area contributed by atoms with Gasteiger partial charge in [0.15, 0.2) is 14.5 Å². The van der Waals surface area contributed by atoms with E-state index in [4.69, 9.17) is 28.6 Å². The number of methoxy groups -OCH3 is 2. The molecule has 1 aliphatic rings. The first-order chi connectivity index (χ1) is 24.3. The van der Waals surface area contributed by atoms with Crippen molar-refractivity contribution >= 4 is 20.1 Å². The number of nitriles is 1. The lowest BCUT2D eigenvalue weighted by Gasteiger charge is -2.40. The first kappa shape index (κ1) is 38.3. The summed E-state index contributed by atoms with van der Waals surface area (Å²) in [6, 6.07) is 29.2. The summed E-state index contributed by atoms with van der Waals surface area (Å²) in [4.78, 5) is 17.7. The van der Waals surface area contributed by atoms with Crippen LogP contribution in [-0.2, 0) is 19.5 Å². The predicted molar refractivity (Wildman–Crippen MR) is 200 cm³/mol. The molecular formula is C39H47N3O7SSi. The summed E-state index contributed by atoms with van der Waals surface area (Å²) in [5, 5.41) is 21.3. The maximum atomic E-state index is 13.5. The van der Waals surface area contributed by atoms with Gasteiger partial charge >= 0.3 is 5.69 Å². The third kappa shape index (κ3) is 8.25. The van der Waals surface area contributed by atoms with Crippen molar-refractivity contribution in [2.24, 2.45) is 0 Å². The van der Waals surface area contributed by atoms with Gasteiger partial charge in [-0.3, -0.25) is 4.57 Å². The van der Waals surface area contributed by atoms with Crippen molar-refractivity contribution < 1.29 is 28.5 Å². The molecule has 0 saturated carbocycles. The van der Waals surface area contributed by atoms with E-state index in [2.05, 4.69) is 44.9 Å². The maximum Gasteiger partial charge on any atom is 0.350 e. The molecule has 0 bridgehead atoms. The molecule has 5 rings (SSSR count). The van der Waals surface area contributed by atoms with Crippen molar-refractivity contribution in [1.82, 2.24) is 9.55 Å². The van der Waals surface area contributed by atoms with Gasteiger partial charge in [0.2, 0.25) is 0 Å². The average molecular weight is 730 g/mol. The van der Waals surface area contributed by atoms with Crippen LogP contribution in [0.2, 0.25) is 18.1 Å². The number of nitrogens with zero attached hydrogens (tertiary/aromatic N) is 3. The molecule has 3 aromatic carbocycles. The van der Waals surface area contributed by atoms with Gasteiger partial charge in [-0.05, 0) is 65.2 Å². The highest BCUT2D eigenvalue weighted by Crippen LogP contribution is 2.45. The third-order valence-electron chi connectivity index (χ3n) is 9.73. The maximum absolute atomic E-state index is 13.5. The van der Waals surface area contributed by atoms with E-state index < -0.39 is 44.1 Å². The summed E-state index contributed by atoms with van der Waals surface area (Å²) in [7, 11) is 0.771. The summed E-state index contributed by atoms with van der Waals surface area (Å²) in [6.07, 6.45) is -1.88. The number of ether oxygens (including phenoxy) is 4. The first-order valence-corrected chi connectivity index (χ1v) is 20.8. The Hall–Kier alpha value is -3.96. The Morgan fingerprint density at radius 3 is 2.00 bits per heavy atom. The Labute approximate surface area is 305 Å². The van der Waals surface area contributed by atoms with Gasteiger partial charge in [-0.15, -0.1) is 11.8 Å². The third-order valence-corrected chi connectivity index (χ3v) is 15.1. The molecule has 4 unspecified atom stereocenters. The lowest BCUT2D eigenvalue weighted by molar-refractivity contribution is -0.0957. The largest absolute Gasteiger partial charge is 0.497 e. The van der Waals surface area contributed by atoms with Gasteiger partial charge in [-0.2, -0.15) is 10.2 Å². The van der Waals surface area contributed by atoms with Crippen LogP contribution in [0.5, 0.6) is 11.5 Å².